The average Bonchev–Trinajstić information content (AvgIpc) is 2.54. The molecule has 1 aromatic carbocycles. The number of aliphatic carboxylic acids is 1. The van der Waals surface area contributed by atoms with Crippen LogP contribution in [0, 0.1) is 6.92 Å². The van der Waals surface area contributed by atoms with Gasteiger partial charge in [-0.1, -0.05) is 12.5 Å². The topological polar surface area (TPSA) is 104 Å². The monoisotopic (exact) mass is 382 g/mol. The molecule has 0 aromatic heterocycles. The summed E-state index contributed by atoms with van der Waals surface area (Å²) in [5.74, 6) is -1.48. The average molecular weight is 382 g/mol. The number of rotatable bonds is 6. The van der Waals surface area contributed by atoms with Gasteiger partial charge in [-0.05, 0) is 51.3 Å². The summed E-state index contributed by atoms with van der Waals surface area (Å²) in [5, 5.41) is 11.4. The van der Waals surface area contributed by atoms with Gasteiger partial charge in [-0.15, -0.1) is 0 Å². The van der Waals surface area contributed by atoms with Crippen molar-refractivity contribution in [3.8, 4) is 0 Å². The normalized spacial score (nSPS) is 19.7. The molecular weight excluding hydrogens is 356 g/mol. The zero-order valence-corrected chi connectivity index (χ0v) is 16.2. The Balaban J connectivity index is 2.28. The number of amides is 1. The molecule has 0 unspecified atom stereocenters. The van der Waals surface area contributed by atoms with Crippen LogP contribution in [0.15, 0.2) is 23.1 Å². The van der Waals surface area contributed by atoms with Crippen molar-refractivity contribution in [2.75, 3.05) is 6.54 Å². The number of sulfonamides is 1. The Kier molecular flexibility index (Phi) is 6.41. The Morgan fingerprint density at radius 1 is 1.35 bits per heavy atom. The molecule has 7 nitrogen and oxygen atoms in total. The van der Waals surface area contributed by atoms with E-state index >= 15 is 0 Å². The van der Waals surface area contributed by atoms with Crippen LogP contribution in [0.5, 0.6) is 0 Å². The number of carboxylic acids is 1. The highest BCUT2D eigenvalue weighted by Crippen LogP contribution is 2.26. The van der Waals surface area contributed by atoms with Gasteiger partial charge in [0.25, 0.3) is 5.91 Å². The molecule has 2 rings (SSSR count). The maximum Gasteiger partial charge on any atom is 0.305 e. The van der Waals surface area contributed by atoms with Crippen molar-refractivity contribution in [2.45, 2.75) is 63.4 Å². The lowest BCUT2D eigenvalue weighted by Gasteiger charge is -2.32. The summed E-state index contributed by atoms with van der Waals surface area (Å²) in [5.41, 5.74) is 0.878. The van der Waals surface area contributed by atoms with Crippen LogP contribution >= 0.6 is 0 Å². The number of hydrogen-bond donors (Lipinski definition) is 2. The van der Waals surface area contributed by atoms with E-state index in [0.717, 1.165) is 19.3 Å². The summed E-state index contributed by atoms with van der Waals surface area (Å²) in [6, 6.07) is 3.89. The standard InChI is InChI=1S/C18H26N2O5S/c1-12-7-8-15(26(24,25)20-9-5-4-6-14(20)3)11-16(12)18(23)19-13(2)10-17(21)22/h7-8,11,13-14H,4-6,9-10H2,1-3H3,(H,19,23)(H,21,22)/t13-,14-/m1/s1. The minimum absolute atomic E-state index is 0.0667. The Hall–Kier alpha value is -1.93. The van der Waals surface area contributed by atoms with E-state index in [1.54, 1.807) is 19.9 Å². The lowest BCUT2D eigenvalue weighted by molar-refractivity contribution is -0.137. The van der Waals surface area contributed by atoms with E-state index in [9.17, 15) is 18.0 Å². The first-order valence-corrected chi connectivity index (χ1v) is 10.2. The van der Waals surface area contributed by atoms with E-state index in [0.29, 0.717) is 12.1 Å². The van der Waals surface area contributed by atoms with Crippen molar-refractivity contribution < 1.29 is 23.1 Å². The summed E-state index contributed by atoms with van der Waals surface area (Å²) < 4.78 is 27.4. The first-order valence-electron chi connectivity index (χ1n) is 8.78. The van der Waals surface area contributed by atoms with Crippen LogP contribution < -0.4 is 5.32 Å². The maximum absolute atomic E-state index is 13.0. The molecule has 2 N–H and O–H groups in total. The van der Waals surface area contributed by atoms with Gasteiger partial charge < -0.3 is 10.4 Å². The van der Waals surface area contributed by atoms with E-state index in [4.69, 9.17) is 5.11 Å². The number of carbonyl (C=O) groups excluding carboxylic acids is 1. The minimum atomic E-state index is -3.67. The third-order valence-corrected chi connectivity index (χ3v) is 6.67. The summed E-state index contributed by atoms with van der Waals surface area (Å²) >= 11 is 0. The van der Waals surface area contributed by atoms with E-state index in [1.807, 2.05) is 6.92 Å². The van der Waals surface area contributed by atoms with Crippen molar-refractivity contribution in [2.24, 2.45) is 0 Å². The van der Waals surface area contributed by atoms with Crippen LogP contribution in [0.25, 0.3) is 0 Å². The van der Waals surface area contributed by atoms with Crippen molar-refractivity contribution in [1.82, 2.24) is 9.62 Å². The zero-order valence-electron chi connectivity index (χ0n) is 15.4. The van der Waals surface area contributed by atoms with Gasteiger partial charge in [0, 0.05) is 24.2 Å². The molecule has 1 fully saturated rings. The number of aryl methyl sites for hydroxylation is 1. The maximum atomic E-state index is 13.0. The lowest BCUT2D eigenvalue weighted by Crippen LogP contribution is -2.42. The second kappa shape index (κ2) is 8.18. The molecule has 26 heavy (non-hydrogen) atoms. The number of nitrogens with zero attached hydrogens (tertiary/aromatic N) is 1. The molecule has 1 heterocycles. The van der Waals surface area contributed by atoms with Crippen molar-refractivity contribution in [3.05, 3.63) is 29.3 Å². The molecule has 0 aliphatic carbocycles. The Morgan fingerprint density at radius 2 is 2.04 bits per heavy atom. The molecule has 1 saturated heterocycles. The third-order valence-electron chi connectivity index (χ3n) is 4.66. The van der Waals surface area contributed by atoms with E-state index in [-0.39, 0.29) is 22.9 Å². The number of nitrogens with one attached hydrogen (secondary N) is 1. The molecule has 0 saturated carbocycles. The summed E-state index contributed by atoms with van der Waals surface area (Å²) in [6.45, 7) is 5.69. The molecule has 0 bridgehead atoms. The molecular formula is C18H26N2O5S. The second-order valence-corrected chi connectivity index (χ2v) is 8.80. The zero-order chi connectivity index (χ0) is 19.5. The number of carbonyl (C=O) groups is 2. The fourth-order valence-corrected chi connectivity index (χ4v) is 4.91. The van der Waals surface area contributed by atoms with Gasteiger partial charge in [0.2, 0.25) is 10.0 Å². The minimum Gasteiger partial charge on any atom is -0.481 e. The van der Waals surface area contributed by atoms with E-state index < -0.39 is 27.9 Å². The van der Waals surface area contributed by atoms with Gasteiger partial charge in [-0.25, -0.2) is 8.42 Å². The van der Waals surface area contributed by atoms with Gasteiger partial charge >= 0.3 is 5.97 Å². The molecule has 0 spiro atoms. The fraction of sp³-hybridized carbons (Fsp3) is 0.556. The number of hydrogen-bond acceptors (Lipinski definition) is 4. The number of carboxylic acid groups (broad SMARTS) is 1. The smallest absolute Gasteiger partial charge is 0.305 e. The summed E-state index contributed by atoms with van der Waals surface area (Å²) in [7, 11) is -3.67. The number of piperidine rings is 1. The van der Waals surface area contributed by atoms with Crippen LogP contribution in [-0.4, -0.2) is 48.3 Å². The van der Waals surface area contributed by atoms with E-state index in [1.165, 1.54) is 16.4 Å². The molecule has 8 heteroatoms. The van der Waals surface area contributed by atoms with Crippen molar-refractivity contribution >= 4 is 21.9 Å². The van der Waals surface area contributed by atoms with Gasteiger partial charge in [0.05, 0.1) is 11.3 Å². The third kappa shape index (κ3) is 4.62. The van der Waals surface area contributed by atoms with Crippen LogP contribution in [0.3, 0.4) is 0 Å². The van der Waals surface area contributed by atoms with Gasteiger partial charge in [0.15, 0.2) is 0 Å². The van der Waals surface area contributed by atoms with Crippen molar-refractivity contribution in [1.29, 1.82) is 0 Å². The molecule has 2 atom stereocenters. The largest absolute Gasteiger partial charge is 0.481 e. The first-order chi connectivity index (χ1) is 12.1. The Bertz CT molecular complexity index is 791. The predicted octanol–water partition coefficient (Wildman–Crippen LogP) is 2.15. The first kappa shape index (κ1) is 20.4. The second-order valence-electron chi connectivity index (χ2n) is 6.91. The highest BCUT2D eigenvalue weighted by molar-refractivity contribution is 7.89. The quantitative estimate of drug-likeness (QED) is 0.784. The lowest BCUT2D eigenvalue weighted by atomic mass is 10.1. The van der Waals surface area contributed by atoms with Crippen molar-refractivity contribution in [3.63, 3.8) is 0 Å². The van der Waals surface area contributed by atoms with Gasteiger partial charge in [0.1, 0.15) is 0 Å². The molecule has 1 aromatic rings. The highest BCUT2D eigenvalue weighted by Gasteiger charge is 2.31. The SMILES string of the molecule is Cc1ccc(S(=O)(=O)N2CCCC[C@H]2C)cc1C(=O)N[C@H](C)CC(=O)O. The molecule has 0 radical (unpaired) electrons. The van der Waals surface area contributed by atoms with Crippen LogP contribution in [-0.2, 0) is 14.8 Å². The highest BCUT2D eigenvalue weighted by atomic mass is 32.2. The Labute approximate surface area is 154 Å². The molecule has 1 aliphatic heterocycles. The molecule has 1 amide bonds. The van der Waals surface area contributed by atoms with Gasteiger partial charge in [-0.2, -0.15) is 4.31 Å². The Morgan fingerprint density at radius 3 is 2.65 bits per heavy atom. The van der Waals surface area contributed by atoms with E-state index in [2.05, 4.69) is 5.32 Å². The summed E-state index contributed by atoms with van der Waals surface area (Å²) in [4.78, 5) is 23.3. The fourth-order valence-electron chi connectivity index (χ4n) is 3.18. The van der Waals surface area contributed by atoms with Crippen LogP contribution in [0.1, 0.15) is 55.5 Å². The number of benzene rings is 1. The summed E-state index contributed by atoms with van der Waals surface area (Å²) in [6.07, 6.45) is 2.46. The molecule has 1 aliphatic rings. The van der Waals surface area contributed by atoms with Gasteiger partial charge in [-0.3, -0.25) is 9.59 Å². The van der Waals surface area contributed by atoms with Crippen LogP contribution in [0.2, 0.25) is 0 Å². The predicted molar refractivity (Wildman–Crippen MR) is 97.6 cm³/mol. The molecule has 144 valence electrons. The van der Waals surface area contributed by atoms with Crippen LogP contribution in [0.4, 0.5) is 0 Å².